The Morgan fingerprint density at radius 1 is 0.565 bits per heavy atom. The minimum atomic E-state index is -4.88. The van der Waals surface area contributed by atoms with Crippen molar-refractivity contribution in [2.75, 3.05) is 26.4 Å². The number of allylic oxidation sites excluding steroid dienone is 12. The summed E-state index contributed by atoms with van der Waals surface area (Å²) in [6.07, 6.45) is 44.6. The van der Waals surface area contributed by atoms with Gasteiger partial charge in [-0.2, -0.15) is 0 Å². The van der Waals surface area contributed by atoms with Crippen LogP contribution in [0.1, 0.15) is 142 Å². The second kappa shape index (κ2) is 37.6. The van der Waals surface area contributed by atoms with Crippen LogP contribution in [-0.2, 0) is 46.5 Å². The Bertz CT molecular complexity index is 1480. The number of aliphatic hydroxyl groups excluding tert-OH is 1. The Hall–Kier alpha value is -2.74. The maximum Gasteiger partial charge on any atom is 0.472 e. The fraction of sp³-hybridized carbons (Fsp3) is 0.652. The number of esters is 2. The van der Waals surface area contributed by atoms with E-state index in [1.165, 1.54) is 19.3 Å². The number of carbonyl (C=O) groups is 2. The van der Waals surface area contributed by atoms with E-state index in [2.05, 4.69) is 95.8 Å². The van der Waals surface area contributed by atoms with Crippen LogP contribution in [0.5, 0.6) is 0 Å². The molecule has 1 aliphatic heterocycles. The molecular formula is C46H76O14P2. The Balaban J connectivity index is 2.43. The van der Waals surface area contributed by atoms with Crippen LogP contribution in [-0.4, -0.2) is 82.6 Å². The average molecular weight is 915 g/mol. The Morgan fingerprint density at radius 2 is 1.05 bits per heavy atom. The van der Waals surface area contributed by atoms with Crippen LogP contribution in [0.2, 0.25) is 0 Å². The summed E-state index contributed by atoms with van der Waals surface area (Å²) in [4.78, 5) is 52.8. The van der Waals surface area contributed by atoms with Gasteiger partial charge >= 0.3 is 27.6 Å². The normalized spacial score (nSPS) is 18.0. The highest BCUT2D eigenvalue weighted by Crippen LogP contribution is 2.44. The molecule has 14 nitrogen and oxygen atoms in total. The zero-order chi connectivity index (χ0) is 45.6. The highest BCUT2D eigenvalue weighted by molar-refractivity contribution is 7.47. The van der Waals surface area contributed by atoms with Crippen LogP contribution in [0.25, 0.3) is 0 Å². The van der Waals surface area contributed by atoms with Crippen molar-refractivity contribution < 1.29 is 66.3 Å². The Labute approximate surface area is 371 Å². The molecule has 1 aliphatic rings. The first-order valence-corrected chi connectivity index (χ1v) is 25.4. The van der Waals surface area contributed by atoms with Gasteiger partial charge in [0.05, 0.1) is 32.0 Å². The van der Waals surface area contributed by atoms with Crippen molar-refractivity contribution in [3.8, 4) is 0 Å². The number of phosphoric acid groups is 2. The molecule has 0 amide bonds. The number of hydrogen-bond acceptors (Lipinski definition) is 11. The standard InChI is InChI=1S/C46H76O14P2/c1-3-5-7-9-11-13-14-15-16-17-18-19-20-22-24-26-31-35-45(48)55-39-42(40-58-62(53,54)57-38-41(47)37-56-61(50,51)52)59-46(49)36-32-28-27-30-34-44-43(60-44)33-29-25-23-21-12-10-8-6-4-2/h5,7,11-13,15-16,18-19,21,25,27,29-30,41-44,47H,3-4,6,8-10,14,17,20,22-24,26,28,31-40H2,1-2H3,(H,53,54)(H2,50,51,52)/b7-5-,13-11-,16-15-,19-18-,21-12-,29-25-,30-27-/t41-,42+,43?,44?/m0/s1. The molecule has 5 atom stereocenters. The molecular weight excluding hydrogens is 838 g/mol. The van der Waals surface area contributed by atoms with Crippen molar-refractivity contribution in [3.05, 3.63) is 85.1 Å². The Morgan fingerprint density at radius 3 is 1.66 bits per heavy atom. The predicted octanol–water partition coefficient (Wildman–Crippen LogP) is 10.5. The fourth-order valence-corrected chi connectivity index (χ4v) is 6.82. The highest BCUT2D eigenvalue weighted by atomic mass is 31.2. The molecule has 4 N–H and O–H groups in total. The first-order chi connectivity index (χ1) is 29.8. The molecule has 62 heavy (non-hydrogen) atoms. The number of unbranched alkanes of at least 4 members (excludes halogenated alkanes) is 8. The number of ether oxygens (including phenoxy) is 3. The molecule has 0 aromatic carbocycles. The largest absolute Gasteiger partial charge is 0.472 e. The van der Waals surface area contributed by atoms with Crippen LogP contribution < -0.4 is 0 Å². The minimum Gasteiger partial charge on any atom is -0.462 e. The van der Waals surface area contributed by atoms with Crippen LogP contribution in [0.4, 0.5) is 0 Å². The van der Waals surface area contributed by atoms with Crippen molar-refractivity contribution in [2.24, 2.45) is 0 Å². The van der Waals surface area contributed by atoms with Crippen molar-refractivity contribution in [3.63, 3.8) is 0 Å². The van der Waals surface area contributed by atoms with Gasteiger partial charge in [-0.1, -0.05) is 125 Å². The zero-order valence-electron chi connectivity index (χ0n) is 37.1. The molecule has 0 aliphatic carbocycles. The van der Waals surface area contributed by atoms with E-state index in [1.807, 2.05) is 12.2 Å². The molecule has 3 unspecified atom stereocenters. The first kappa shape index (κ1) is 57.3. The zero-order valence-corrected chi connectivity index (χ0v) is 38.9. The van der Waals surface area contributed by atoms with Crippen molar-refractivity contribution in [2.45, 2.75) is 167 Å². The van der Waals surface area contributed by atoms with Crippen molar-refractivity contribution in [1.29, 1.82) is 0 Å². The van der Waals surface area contributed by atoms with Crippen molar-refractivity contribution >= 4 is 27.6 Å². The van der Waals surface area contributed by atoms with Gasteiger partial charge in [-0.05, 0) is 89.9 Å². The second-order valence-electron chi connectivity index (χ2n) is 15.0. The lowest BCUT2D eigenvalue weighted by molar-refractivity contribution is -0.161. The molecule has 0 saturated carbocycles. The van der Waals surface area contributed by atoms with E-state index in [9.17, 15) is 28.7 Å². The summed E-state index contributed by atoms with van der Waals surface area (Å²) in [7, 11) is -9.72. The van der Waals surface area contributed by atoms with Gasteiger partial charge in [-0.25, -0.2) is 9.13 Å². The van der Waals surface area contributed by atoms with E-state index in [4.69, 9.17) is 28.5 Å². The van der Waals surface area contributed by atoms with E-state index < -0.39 is 66.2 Å². The van der Waals surface area contributed by atoms with E-state index >= 15 is 0 Å². The van der Waals surface area contributed by atoms with E-state index in [0.29, 0.717) is 19.3 Å². The lowest BCUT2D eigenvalue weighted by atomic mass is 10.1. The molecule has 354 valence electrons. The maximum atomic E-state index is 12.7. The molecule has 0 radical (unpaired) electrons. The monoisotopic (exact) mass is 914 g/mol. The van der Waals surface area contributed by atoms with Crippen LogP contribution in [0, 0.1) is 0 Å². The molecule has 0 spiro atoms. The summed E-state index contributed by atoms with van der Waals surface area (Å²) in [5.41, 5.74) is 0. The summed E-state index contributed by atoms with van der Waals surface area (Å²) < 4.78 is 53.5. The average Bonchev–Trinajstić information content (AvgIpc) is 3.99. The topological polar surface area (TPSA) is 208 Å². The molecule has 1 rings (SSSR count). The van der Waals surface area contributed by atoms with Gasteiger partial charge in [-0.3, -0.25) is 23.2 Å². The Kier molecular flexibility index (Phi) is 34.8. The van der Waals surface area contributed by atoms with Gasteiger partial charge in [0.25, 0.3) is 0 Å². The van der Waals surface area contributed by atoms with Gasteiger partial charge in [0.2, 0.25) is 0 Å². The molecule has 0 bridgehead atoms. The van der Waals surface area contributed by atoms with Gasteiger partial charge in [-0.15, -0.1) is 0 Å². The second-order valence-corrected chi connectivity index (χ2v) is 17.7. The smallest absolute Gasteiger partial charge is 0.462 e. The predicted molar refractivity (Wildman–Crippen MR) is 243 cm³/mol. The summed E-state index contributed by atoms with van der Waals surface area (Å²) in [5.74, 6) is -1.14. The SMILES string of the molecule is CC/C=C\C/C=C\C/C=C\C/C=C\CCCCCCC(=O)OC[C@H](COP(=O)(O)OC[C@@H](O)COP(=O)(O)O)OC(=O)CCC/C=C\CC1OC1C/C=C\C/C=C\CCCCC. The third-order valence-electron chi connectivity index (χ3n) is 9.16. The number of hydrogen-bond donors (Lipinski definition) is 4. The lowest BCUT2D eigenvalue weighted by Gasteiger charge is -2.20. The molecule has 1 heterocycles. The summed E-state index contributed by atoms with van der Waals surface area (Å²) in [6.45, 7) is 1.50. The number of carbonyl (C=O) groups excluding carboxylic acids is 2. The number of phosphoric ester groups is 2. The summed E-state index contributed by atoms with van der Waals surface area (Å²) >= 11 is 0. The third kappa shape index (κ3) is 37.8. The molecule has 0 aromatic heterocycles. The van der Waals surface area contributed by atoms with Crippen LogP contribution in [0.3, 0.4) is 0 Å². The van der Waals surface area contributed by atoms with Gasteiger partial charge in [0.1, 0.15) is 12.7 Å². The molecule has 1 saturated heterocycles. The highest BCUT2D eigenvalue weighted by Gasteiger charge is 2.36. The summed E-state index contributed by atoms with van der Waals surface area (Å²) in [5, 5.41) is 9.76. The molecule has 1 fully saturated rings. The van der Waals surface area contributed by atoms with Crippen LogP contribution >= 0.6 is 15.6 Å². The van der Waals surface area contributed by atoms with Crippen LogP contribution in [0.15, 0.2) is 85.1 Å². The van der Waals surface area contributed by atoms with Gasteiger partial charge in [0.15, 0.2) is 6.10 Å². The van der Waals surface area contributed by atoms with E-state index in [-0.39, 0.29) is 25.0 Å². The third-order valence-corrected chi connectivity index (χ3v) is 10.6. The fourth-order valence-electron chi connectivity index (χ4n) is 5.67. The molecule has 16 heteroatoms. The maximum absolute atomic E-state index is 12.7. The minimum absolute atomic E-state index is 0.0369. The number of aliphatic hydroxyl groups is 1. The summed E-state index contributed by atoms with van der Waals surface area (Å²) in [6, 6.07) is 0. The number of epoxide rings is 1. The lowest BCUT2D eigenvalue weighted by Crippen LogP contribution is -2.29. The number of rotatable bonds is 40. The van der Waals surface area contributed by atoms with Gasteiger partial charge in [0, 0.05) is 12.8 Å². The van der Waals surface area contributed by atoms with Gasteiger partial charge < -0.3 is 34.0 Å². The molecule has 0 aromatic rings. The van der Waals surface area contributed by atoms with E-state index in [0.717, 1.165) is 77.0 Å². The van der Waals surface area contributed by atoms with E-state index in [1.54, 1.807) is 0 Å². The first-order valence-electron chi connectivity index (χ1n) is 22.4. The quantitative estimate of drug-likeness (QED) is 0.0148. The van der Waals surface area contributed by atoms with Crippen molar-refractivity contribution in [1.82, 2.24) is 0 Å².